The number of hydrogen-bond acceptors (Lipinski definition) is 1. The molecule has 1 aromatic carbocycles. The zero-order valence-corrected chi connectivity index (χ0v) is 6.53. The largest absolute Gasteiger partial charge is 0.290 e. The number of rotatable bonds is 3. The van der Waals surface area contributed by atoms with Gasteiger partial charge in [0.15, 0.2) is 6.17 Å². The van der Waals surface area contributed by atoms with E-state index < -0.39 is 12.0 Å². The van der Waals surface area contributed by atoms with Crippen LogP contribution in [-0.2, 0) is 0 Å². The van der Waals surface area contributed by atoms with Crippen LogP contribution in [0.1, 0.15) is 10.4 Å². The van der Waals surface area contributed by atoms with Gasteiger partial charge in [0.25, 0.3) is 0 Å². The van der Waals surface area contributed by atoms with Gasteiger partial charge < -0.3 is 0 Å². The minimum Gasteiger partial charge on any atom is -0.290 e. The van der Waals surface area contributed by atoms with Crippen molar-refractivity contribution in [3.63, 3.8) is 0 Å². The number of benzene rings is 1. The van der Waals surface area contributed by atoms with Gasteiger partial charge in [0.1, 0.15) is 0 Å². The summed E-state index contributed by atoms with van der Waals surface area (Å²) in [5.41, 5.74) is 0.380. The summed E-state index contributed by atoms with van der Waals surface area (Å²) in [6.45, 7) is 3.21. The van der Waals surface area contributed by atoms with Crippen molar-refractivity contribution < 1.29 is 9.18 Å². The summed E-state index contributed by atoms with van der Waals surface area (Å²) in [5.74, 6) is -0.536. The van der Waals surface area contributed by atoms with Crippen LogP contribution in [0.5, 0.6) is 0 Å². The van der Waals surface area contributed by atoms with Gasteiger partial charge in [-0.3, -0.25) is 4.79 Å². The van der Waals surface area contributed by atoms with Crippen molar-refractivity contribution in [2.24, 2.45) is 0 Å². The lowest BCUT2D eigenvalue weighted by Gasteiger charge is -2.00. The summed E-state index contributed by atoms with van der Waals surface area (Å²) in [6, 6.07) is 8.33. The second kappa shape index (κ2) is 3.81. The van der Waals surface area contributed by atoms with E-state index in [9.17, 15) is 9.18 Å². The van der Waals surface area contributed by atoms with Crippen LogP contribution in [0.4, 0.5) is 4.39 Å². The van der Waals surface area contributed by atoms with E-state index in [-0.39, 0.29) is 0 Å². The Labute approximate surface area is 70.5 Å². The molecule has 0 aliphatic heterocycles. The van der Waals surface area contributed by atoms with Crippen LogP contribution < -0.4 is 0 Å². The van der Waals surface area contributed by atoms with Gasteiger partial charge in [-0.15, -0.1) is 0 Å². The number of hydrogen-bond donors (Lipinski definition) is 0. The monoisotopic (exact) mass is 164 g/mol. The Kier molecular flexibility index (Phi) is 2.75. The highest BCUT2D eigenvalue weighted by molar-refractivity contribution is 6.00. The first kappa shape index (κ1) is 8.65. The molecular formula is C10H9FO. The van der Waals surface area contributed by atoms with Crippen molar-refractivity contribution >= 4 is 5.78 Å². The van der Waals surface area contributed by atoms with Crippen LogP contribution in [0.2, 0.25) is 0 Å². The number of alkyl halides is 1. The van der Waals surface area contributed by atoms with Crippen molar-refractivity contribution in [1.29, 1.82) is 0 Å². The van der Waals surface area contributed by atoms with Crippen LogP contribution >= 0.6 is 0 Å². The van der Waals surface area contributed by atoms with E-state index in [4.69, 9.17) is 0 Å². The zero-order chi connectivity index (χ0) is 8.97. The maximum Gasteiger partial charge on any atom is 0.200 e. The molecule has 0 spiro atoms. The topological polar surface area (TPSA) is 17.1 Å². The first-order valence-electron chi connectivity index (χ1n) is 3.61. The number of Topliss-reactive ketones (excluding diaryl/α,β-unsaturated/α-hetero) is 1. The number of halogens is 1. The van der Waals surface area contributed by atoms with E-state index in [1.165, 1.54) is 0 Å². The van der Waals surface area contributed by atoms with Gasteiger partial charge in [0, 0.05) is 5.56 Å². The first-order valence-corrected chi connectivity index (χ1v) is 3.61. The van der Waals surface area contributed by atoms with Gasteiger partial charge >= 0.3 is 0 Å². The summed E-state index contributed by atoms with van der Waals surface area (Å²) >= 11 is 0. The molecule has 0 fully saturated rings. The van der Waals surface area contributed by atoms with E-state index in [1.807, 2.05) is 0 Å². The molecule has 62 valence electrons. The maximum absolute atomic E-state index is 12.7. The Morgan fingerprint density at radius 1 is 1.42 bits per heavy atom. The Morgan fingerprint density at radius 2 is 2.00 bits per heavy atom. The normalized spacial score (nSPS) is 12.1. The summed E-state index contributed by atoms with van der Waals surface area (Å²) in [6.07, 6.45) is -0.595. The number of carbonyl (C=O) groups is 1. The van der Waals surface area contributed by atoms with Crippen molar-refractivity contribution in [3.8, 4) is 0 Å². The fourth-order valence-corrected chi connectivity index (χ4v) is 0.869. The van der Waals surface area contributed by atoms with E-state index in [0.29, 0.717) is 5.56 Å². The minimum atomic E-state index is -1.59. The molecule has 1 nitrogen and oxygen atoms in total. The van der Waals surface area contributed by atoms with Crippen LogP contribution in [0.3, 0.4) is 0 Å². The lowest BCUT2D eigenvalue weighted by molar-refractivity contribution is 0.0914. The van der Waals surface area contributed by atoms with Crippen molar-refractivity contribution in [1.82, 2.24) is 0 Å². The molecule has 1 unspecified atom stereocenters. The second-order valence-electron chi connectivity index (χ2n) is 2.37. The third-order valence-corrected chi connectivity index (χ3v) is 1.52. The molecule has 0 N–H and O–H groups in total. The van der Waals surface area contributed by atoms with Gasteiger partial charge in [0.05, 0.1) is 0 Å². The number of ketones is 1. The van der Waals surface area contributed by atoms with E-state index in [1.54, 1.807) is 30.3 Å². The smallest absolute Gasteiger partial charge is 0.200 e. The van der Waals surface area contributed by atoms with Gasteiger partial charge in [-0.25, -0.2) is 4.39 Å². The van der Waals surface area contributed by atoms with Gasteiger partial charge in [0.2, 0.25) is 5.78 Å². The Hall–Kier alpha value is -1.44. The van der Waals surface area contributed by atoms with Crippen LogP contribution in [0, 0.1) is 0 Å². The second-order valence-corrected chi connectivity index (χ2v) is 2.37. The van der Waals surface area contributed by atoms with Gasteiger partial charge in [-0.05, 0) is 6.08 Å². The Morgan fingerprint density at radius 3 is 2.50 bits per heavy atom. The molecule has 2 heteroatoms. The van der Waals surface area contributed by atoms with Crippen LogP contribution in [0.25, 0.3) is 0 Å². The fourth-order valence-electron chi connectivity index (χ4n) is 0.869. The highest BCUT2D eigenvalue weighted by Crippen LogP contribution is 2.06. The standard InChI is InChI=1S/C10H9FO/c1-2-9(11)10(12)8-6-4-3-5-7-8/h2-7,9H,1H2. The lowest BCUT2D eigenvalue weighted by Crippen LogP contribution is -2.12. The van der Waals surface area contributed by atoms with Crippen LogP contribution in [0.15, 0.2) is 43.0 Å². The highest BCUT2D eigenvalue weighted by atomic mass is 19.1. The summed E-state index contributed by atoms with van der Waals surface area (Å²) < 4.78 is 12.7. The zero-order valence-electron chi connectivity index (χ0n) is 6.53. The molecule has 0 aromatic heterocycles. The van der Waals surface area contributed by atoms with E-state index in [0.717, 1.165) is 6.08 Å². The van der Waals surface area contributed by atoms with Crippen molar-refractivity contribution in [3.05, 3.63) is 48.6 Å². The van der Waals surface area contributed by atoms with Gasteiger partial charge in [-0.2, -0.15) is 0 Å². The molecule has 0 saturated heterocycles. The predicted molar refractivity (Wildman–Crippen MR) is 45.9 cm³/mol. The van der Waals surface area contributed by atoms with Crippen molar-refractivity contribution in [2.75, 3.05) is 0 Å². The molecule has 0 aliphatic carbocycles. The molecule has 0 bridgehead atoms. The van der Waals surface area contributed by atoms with Crippen LogP contribution in [-0.4, -0.2) is 12.0 Å². The molecule has 12 heavy (non-hydrogen) atoms. The quantitative estimate of drug-likeness (QED) is 0.495. The molecule has 1 atom stereocenters. The Balaban J connectivity index is 2.85. The van der Waals surface area contributed by atoms with E-state index >= 15 is 0 Å². The summed E-state index contributed by atoms with van der Waals surface area (Å²) in [4.78, 5) is 11.1. The highest BCUT2D eigenvalue weighted by Gasteiger charge is 2.14. The molecule has 0 radical (unpaired) electrons. The van der Waals surface area contributed by atoms with Gasteiger partial charge in [-0.1, -0.05) is 36.9 Å². The lowest BCUT2D eigenvalue weighted by atomic mass is 10.1. The molecule has 1 aromatic rings. The molecule has 0 aliphatic rings. The SMILES string of the molecule is C=CC(F)C(=O)c1ccccc1. The predicted octanol–water partition coefficient (Wildman–Crippen LogP) is 2.39. The number of carbonyl (C=O) groups excluding carboxylic acids is 1. The average Bonchev–Trinajstić information content (AvgIpc) is 2.17. The molecule has 0 heterocycles. The molecule has 0 amide bonds. The average molecular weight is 164 g/mol. The van der Waals surface area contributed by atoms with Crippen molar-refractivity contribution in [2.45, 2.75) is 6.17 Å². The molecule has 0 saturated carbocycles. The number of allylic oxidation sites excluding steroid dienone is 1. The third kappa shape index (κ3) is 1.78. The summed E-state index contributed by atoms with van der Waals surface area (Å²) in [5, 5.41) is 0. The fraction of sp³-hybridized carbons (Fsp3) is 0.100. The van der Waals surface area contributed by atoms with E-state index in [2.05, 4.69) is 6.58 Å². The molecular weight excluding hydrogens is 155 g/mol. The summed E-state index contributed by atoms with van der Waals surface area (Å²) in [7, 11) is 0. The third-order valence-electron chi connectivity index (χ3n) is 1.52. The minimum absolute atomic E-state index is 0.380. The molecule has 1 rings (SSSR count). The first-order chi connectivity index (χ1) is 5.75. The maximum atomic E-state index is 12.7. The Bertz CT molecular complexity index is 279.